The zero-order valence-corrected chi connectivity index (χ0v) is 14.3. The van der Waals surface area contributed by atoms with E-state index in [0.717, 1.165) is 19.3 Å². The van der Waals surface area contributed by atoms with E-state index in [1.165, 1.54) is 25.7 Å². The Hall–Kier alpha value is -0.710. The normalized spacial score (nSPS) is 12.0. The van der Waals surface area contributed by atoms with Gasteiger partial charge >= 0.3 is 11.9 Å². The maximum atomic E-state index is 11.7. The van der Waals surface area contributed by atoms with Crippen molar-refractivity contribution >= 4 is 24.6 Å². The second-order valence-corrected chi connectivity index (χ2v) is 5.61. The molecule has 1 atom stereocenters. The molecule has 0 bridgehead atoms. The first kappa shape index (κ1) is 20.3. The largest absolute Gasteiger partial charge is 0.462 e. The Morgan fingerprint density at radius 3 is 2.19 bits per heavy atom. The molecule has 124 valence electrons. The fraction of sp³-hybridized carbons (Fsp3) is 0.875. The van der Waals surface area contributed by atoms with Crippen LogP contribution >= 0.6 is 12.6 Å². The number of ether oxygens (including phenoxy) is 2. The first-order valence-electron chi connectivity index (χ1n) is 8.09. The van der Waals surface area contributed by atoms with E-state index in [1.54, 1.807) is 0 Å². The van der Waals surface area contributed by atoms with Gasteiger partial charge in [-0.2, -0.15) is 12.6 Å². The maximum Gasteiger partial charge on any atom is 0.306 e. The molecule has 0 saturated carbocycles. The summed E-state index contributed by atoms with van der Waals surface area (Å²) in [5, 5.41) is 0. The van der Waals surface area contributed by atoms with Crippen LogP contribution in [0.25, 0.3) is 0 Å². The molecule has 0 spiro atoms. The molecule has 0 saturated heterocycles. The Bertz CT molecular complexity index is 281. The molecule has 0 N–H and O–H groups in total. The van der Waals surface area contributed by atoms with Crippen molar-refractivity contribution in [2.24, 2.45) is 0 Å². The van der Waals surface area contributed by atoms with Gasteiger partial charge in [0.05, 0.1) is 0 Å². The quantitative estimate of drug-likeness (QED) is 0.318. The van der Waals surface area contributed by atoms with Gasteiger partial charge in [0, 0.05) is 18.6 Å². The number of esters is 2. The SMILES string of the molecule is CCCCCCCCC(=O)O[C@@H](CS)COC(=O)CCC. The standard InChI is InChI=1S/C16H30O4S/c1-3-5-6-7-8-9-11-16(18)20-14(13-21)12-19-15(17)10-4-2/h14,21H,3-13H2,1-2H3/t14-/m1/s1. The third-order valence-electron chi connectivity index (χ3n) is 3.12. The highest BCUT2D eigenvalue weighted by Gasteiger charge is 2.15. The van der Waals surface area contributed by atoms with E-state index in [9.17, 15) is 9.59 Å². The lowest BCUT2D eigenvalue weighted by atomic mass is 10.1. The molecule has 0 aromatic heterocycles. The minimum atomic E-state index is -0.443. The minimum Gasteiger partial charge on any atom is -0.462 e. The van der Waals surface area contributed by atoms with E-state index < -0.39 is 6.10 Å². The number of rotatable bonds is 13. The molecule has 4 nitrogen and oxygen atoms in total. The van der Waals surface area contributed by atoms with Gasteiger partial charge in [-0.3, -0.25) is 9.59 Å². The average Bonchev–Trinajstić information content (AvgIpc) is 2.47. The van der Waals surface area contributed by atoms with Crippen molar-refractivity contribution in [3.8, 4) is 0 Å². The summed E-state index contributed by atoms with van der Waals surface area (Å²) in [5.41, 5.74) is 0. The Balaban J connectivity index is 3.71. The fourth-order valence-corrected chi connectivity index (χ4v) is 2.06. The van der Waals surface area contributed by atoms with Crippen molar-refractivity contribution < 1.29 is 19.1 Å². The van der Waals surface area contributed by atoms with E-state index >= 15 is 0 Å². The van der Waals surface area contributed by atoms with Crippen molar-refractivity contribution in [2.75, 3.05) is 12.4 Å². The van der Waals surface area contributed by atoms with Gasteiger partial charge in [0.1, 0.15) is 12.7 Å². The Morgan fingerprint density at radius 2 is 1.57 bits per heavy atom. The summed E-state index contributed by atoms with van der Waals surface area (Å²) in [5.74, 6) is -0.117. The van der Waals surface area contributed by atoms with Crippen LogP contribution in [-0.2, 0) is 19.1 Å². The van der Waals surface area contributed by atoms with E-state index in [4.69, 9.17) is 9.47 Å². The lowest BCUT2D eigenvalue weighted by Gasteiger charge is -2.15. The van der Waals surface area contributed by atoms with Gasteiger partial charge in [0.15, 0.2) is 0 Å². The van der Waals surface area contributed by atoms with Crippen molar-refractivity contribution in [1.82, 2.24) is 0 Å². The summed E-state index contributed by atoms with van der Waals surface area (Å²) in [6, 6.07) is 0. The lowest BCUT2D eigenvalue weighted by Crippen LogP contribution is -2.26. The second-order valence-electron chi connectivity index (χ2n) is 5.25. The molecule has 0 aliphatic rings. The molecular formula is C16H30O4S. The van der Waals surface area contributed by atoms with Crippen molar-refractivity contribution in [3.63, 3.8) is 0 Å². The second kappa shape index (κ2) is 14.2. The predicted octanol–water partition coefficient (Wildman–Crippen LogP) is 3.92. The lowest BCUT2D eigenvalue weighted by molar-refractivity contribution is -0.157. The first-order chi connectivity index (χ1) is 10.1. The minimum absolute atomic E-state index is 0.102. The Kier molecular flexibility index (Phi) is 13.8. The summed E-state index contributed by atoms with van der Waals surface area (Å²) in [6.45, 7) is 4.20. The van der Waals surface area contributed by atoms with Crippen LogP contribution in [-0.4, -0.2) is 30.4 Å². The monoisotopic (exact) mass is 318 g/mol. The van der Waals surface area contributed by atoms with Crippen molar-refractivity contribution in [3.05, 3.63) is 0 Å². The smallest absolute Gasteiger partial charge is 0.306 e. The molecular weight excluding hydrogens is 288 g/mol. The third-order valence-corrected chi connectivity index (χ3v) is 3.53. The van der Waals surface area contributed by atoms with Crippen LogP contribution in [0.4, 0.5) is 0 Å². The zero-order valence-electron chi connectivity index (χ0n) is 13.4. The molecule has 0 radical (unpaired) electrons. The van der Waals surface area contributed by atoms with E-state index in [1.807, 2.05) is 6.92 Å². The highest BCUT2D eigenvalue weighted by molar-refractivity contribution is 7.80. The average molecular weight is 318 g/mol. The Morgan fingerprint density at radius 1 is 0.905 bits per heavy atom. The first-order valence-corrected chi connectivity index (χ1v) is 8.73. The van der Waals surface area contributed by atoms with Crippen LogP contribution in [0.15, 0.2) is 0 Å². The van der Waals surface area contributed by atoms with Crippen LogP contribution in [0.3, 0.4) is 0 Å². The molecule has 0 heterocycles. The summed E-state index contributed by atoms with van der Waals surface area (Å²) in [6.07, 6.45) is 7.94. The van der Waals surface area contributed by atoms with E-state index in [0.29, 0.717) is 18.6 Å². The van der Waals surface area contributed by atoms with Gasteiger partial charge in [-0.05, 0) is 12.8 Å². The number of unbranched alkanes of at least 4 members (excludes halogenated alkanes) is 5. The molecule has 0 aromatic rings. The molecule has 21 heavy (non-hydrogen) atoms. The summed E-state index contributed by atoms with van der Waals surface area (Å²) in [4.78, 5) is 22.9. The maximum absolute atomic E-state index is 11.7. The van der Waals surface area contributed by atoms with Crippen molar-refractivity contribution in [2.45, 2.75) is 77.7 Å². The molecule has 0 unspecified atom stereocenters. The number of hydrogen-bond donors (Lipinski definition) is 1. The van der Waals surface area contributed by atoms with Crippen molar-refractivity contribution in [1.29, 1.82) is 0 Å². The van der Waals surface area contributed by atoms with Gasteiger partial charge in [-0.1, -0.05) is 46.0 Å². The topological polar surface area (TPSA) is 52.6 Å². The molecule has 5 heteroatoms. The van der Waals surface area contributed by atoms with Crippen LogP contribution in [0.1, 0.15) is 71.6 Å². The van der Waals surface area contributed by atoms with Crippen LogP contribution in [0, 0.1) is 0 Å². The summed E-state index contributed by atoms with van der Waals surface area (Å²) in [7, 11) is 0. The molecule has 0 rings (SSSR count). The molecule has 0 aliphatic heterocycles. The number of carbonyl (C=O) groups is 2. The molecule has 0 aromatic carbocycles. The van der Waals surface area contributed by atoms with Gasteiger partial charge in [0.25, 0.3) is 0 Å². The fourth-order valence-electron chi connectivity index (χ4n) is 1.88. The zero-order chi connectivity index (χ0) is 15.9. The van der Waals surface area contributed by atoms with Gasteiger partial charge in [0.2, 0.25) is 0 Å². The number of carbonyl (C=O) groups excluding carboxylic acids is 2. The van der Waals surface area contributed by atoms with Gasteiger partial charge < -0.3 is 9.47 Å². The predicted molar refractivity (Wildman–Crippen MR) is 87.6 cm³/mol. The summed E-state index contributed by atoms with van der Waals surface area (Å²) >= 11 is 4.12. The van der Waals surface area contributed by atoms with Gasteiger partial charge in [-0.25, -0.2) is 0 Å². The van der Waals surface area contributed by atoms with Crippen LogP contribution < -0.4 is 0 Å². The van der Waals surface area contributed by atoms with E-state index in [-0.39, 0.29) is 18.5 Å². The number of thiol groups is 1. The highest BCUT2D eigenvalue weighted by atomic mass is 32.1. The van der Waals surface area contributed by atoms with Gasteiger partial charge in [-0.15, -0.1) is 0 Å². The van der Waals surface area contributed by atoms with Crippen LogP contribution in [0.2, 0.25) is 0 Å². The van der Waals surface area contributed by atoms with Crippen LogP contribution in [0.5, 0.6) is 0 Å². The third kappa shape index (κ3) is 12.7. The summed E-state index contributed by atoms with van der Waals surface area (Å²) < 4.78 is 10.3. The highest BCUT2D eigenvalue weighted by Crippen LogP contribution is 2.09. The molecule has 0 fully saturated rings. The Labute approximate surface area is 134 Å². The number of hydrogen-bond acceptors (Lipinski definition) is 5. The molecule has 0 amide bonds. The van der Waals surface area contributed by atoms with E-state index in [2.05, 4.69) is 19.6 Å². The molecule has 0 aliphatic carbocycles.